The third kappa shape index (κ3) is 6.68. The van der Waals surface area contributed by atoms with Gasteiger partial charge in [-0.1, -0.05) is 0 Å². The average molecular weight is 350 g/mol. The second kappa shape index (κ2) is 8.78. The minimum absolute atomic E-state index is 0.213. The van der Waals surface area contributed by atoms with Crippen LogP contribution in [-0.2, 0) is 11.3 Å². The van der Waals surface area contributed by atoms with Crippen molar-refractivity contribution >= 4 is 12.1 Å². The van der Waals surface area contributed by atoms with Gasteiger partial charge in [0.2, 0.25) is 0 Å². The summed E-state index contributed by atoms with van der Waals surface area (Å²) in [5.74, 6) is 2.14. The summed E-state index contributed by atoms with van der Waals surface area (Å²) in [5.41, 5.74) is -0.443. The van der Waals surface area contributed by atoms with E-state index >= 15 is 0 Å². The topological polar surface area (TPSA) is 79.1 Å². The number of nitrogens with one attached hydrogen (secondary N) is 2. The van der Waals surface area contributed by atoms with E-state index in [1.165, 1.54) is 0 Å². The fourth-order valence-corrected chi connectivity index (χ4v) is 2.69. The molecule has 1 aliphatic rings. The molecule has 0 saturated carbocycles. The van der Waals surface area contributed by atoms with E-state index in [4.69, 9.17) is 9.15 Å². The molecule has 25 heavy (non-hydrogen) atoms. The van der Waals surface area contributed by atoms with Crippen molar-refractivity contribution in [2.45, 2.75) is 45.8 Å². The van der Waals surface area contributed by atoms with Crippen LogP contribution in [0.3, 0.4) is 0 Å². The summed E-state index contributed by atoms with van der Waals surface area (Å²) in [5, 5.41) is 6.57. The van der Waals surface area contributed by atoms with Gasteiger partial charge in [-0.15, -0.1) is 0 Å². The summed E-state index contributed by atoms with van der Waals surface area (Å²) in [6, 6.07) is 3.79. The van der Waals surface area contributed by atoms with Gasteiger partial charge in [0.05, 0.1) is 12.8 Å². The molecule has 1 aromatic rings. The van der Waals surface area contributed by atoms with Gasteiger partial charge in [-0.05, 0) is 51.7 Å². The van der Waals surface area contributed by atoms with Crippen LogP contribution in [-0.4, -0.2) is 49.2 Å². The van der Waals surface area contributed by atoms with E-state index in [-0.39, 0.29) is 6.09 Å². The van der Waals surface area contributed by atoms with Gasteiger partial charge >= 0.3 is 6.09 Å². The third-order valence-electron chi connectivity index (χ3n) is 4.06. The smallest absolute Gasteiger partial charge is 0.410 e. The van der Waals surface area contributed by atoms with E-state index < -0.39 is 5.60 Å². The maximum Gasteiger partial charge on any atom is 0.410 e. The Labute approximate surface area is 149 Å². The second-order valence-corrected chi connectivity index (χ2v) is 7.30. The van der Waals surface area contributed by atoms with Gasteiger partial charge in [-0.3, -0.25) is 4.99 Å². The number of ether oxygens (including phenoxy) is 1. The Balaban J connectivity index is 1.68. The lowest BCUT2D eigenvalue weighted by molar-refractivity contribution is 0.0185. The molecule has 0 spiro atoms. The number of carbonyl (C=O) groups excluding carboxylic acids is 1. The summed E-state index contributed by atoms with van der Waals surface area (Å²) in [4.78, 5) is 18.1. The summed E-state index contributed by atoms with van der Waals surface area (Å²) in [7, 11) is 1.75. The number of aliphatic imine (C=N–C) groups is 1. The molecule has 2 rings (SSSR count). The van der Waals surface area contributed by atoms with Crippen molar-refractivity contribution in [1.29, 1.82) is 0 Å². The molecule has 0 bridgehead atoms. The number of likely N-dealkylation sites (tertiary alicyclic amines) is 1. The monoisotopic (exact) mass is 350 g/mol. The first-order valence-corrected chi connectivity index (χ1v) is 8.82. The summed E-state index contributed by atoms with van der Waals surface area (Å²) >= 11 is 0. The number of rotatable bonds is 4. The van der Waals surface area contributed by atoms with Gasteiger partial charge < -0.3 is 24.7 Å². The van der Waals surface area contributed by atoms with Gasteiger partial charge in [0.1, 0.15) is 11.4 Å². The van der Waals surface area contributed by atoms with E-state index in [2.05, 4.69) is 15.6 Å². The van der Waals surface area contributed by atoms with Crippen LogP contribution in [0, 0.1) is 5.92 Å². The van der Waals surface area contributed by atoms with Crippen molar-refractivity contribution < 1.29 is 13.9 Å². The number of guanidine groups is 1. The molecule has 1 aromatic heterocycles. The Kier molecular flexibility index (Phi) is 6.73. The van der Waals surface area contributed by atoms with Gasteiger partial charge in [-0.25, -0.2) is 4.79 Å². The molecule has 1 fully saturated rings. The van der Waals surface area contributed by atoms with Crippen molar-refractivity contribution in [2.75, 3.05) is 26.7 Å². The van der Waals surface area contributed by atoms with Crippen molar-refractivity contribution in [3.63, 3.8) is 0 Å². The maximum atomic E-state index is 12.1. The highest BCUT2D eigenvalue weighted by Gasteiger charge is 2.26. The molecule has 1 aliphatic heterocycles. The molecule has 1 saturated heterocycles. The van der Waals surface area contributed by atoms with Crippen LogP contribution in [0.1, 0.15) is 39.4 Å². The Morgan fingerprint density at radius 2 is 2.08 bits per heavy atom. The van der Waals surface area contributed by atoms with Crippen LogP contribution in [0.5, 0.6) is 0 Å². The minimum Gasteiger partial charge on any atom is -0.467 e. The van der Waals surface area contributed by atoms with Gasteiger partial charge in [0.25, 0.3) is 0 Å². The summed E-state index contributed by atoms with van der Waals surface area (Å²) < 4.78 is 10.7. The number of piperidine rings is 1. The number of furan rings is 1. The maximum absolute atomic E-state index is 12.1. The standard InChI is InChI=1S/C18H30N4O3/c1-18(2,3)25-17(23)22-9-7-14(8-10-22)12-20-16(19-4)21-13-15-6-5-11-24-15/h5-6,11,14H,7-10,12-13H2,1-4H3,(H2,19,20,21). The fraction of sp³-hybridized carbons (Fsp3) is 0.667. The lowest BCUT2D eigenvalue weighted by Crippen LogP contribution is -2.45. The number of carbonyl (C=O) groups is 1. The first-order chi connectivity index (χ1) is 11.9. The van der Waals surface area contributed by atoms with Crippen LogP contribution in [0.4, 0.5) is 4.79 Å². The molecule has 0 unspecified atom stereocenters. The lowest BCUT2D eigenvalue weighted by Gasteiger charge is -2.33. The quantitative estimate of drug-likeness (QED) is 0.644. The van der Waals surface area contributed by atoms with Gasteiger partial charge in [-0.2, -0.15) is 0 Å². The first kappa shape index (κ1) is 19.1. The SMILES string of the molecule is CN=C(NCc1ccco1)NCC1CCN(C(=O)OC(C)(C)C)CC1. The number of hydrogen-bond acceptors (Lipinski definition) is 4. The van der Waals surface area contributed by atoms with Crippen LogP contribution < -0.4 is 10.6 Å². The van der Waals surface area contributed by atoms with E-state index in [1.54, 1.807) is 18.2 Å². The Morgan fingerprint density at radius 3 is 2.64 bits per heavy atom. The molecular formula is C18H30N4O3. The van der Waals surface area contributed by atoms with Crippen molar-refractivity contribution in [1.82, 2.24) is 15.5 Å². The molecule has 2 heterocycles. The van der Waals surface area contributed by atoms with Crippen LogP contribution >= 0.6 is 0 Å². The molecular weight excluding hydrogens is 320 g/mol. The molecule has 7 heteroatoms. The third-order valence-corrected chi connectivity index (χ3v) is 4.06. The highest BCUT2D eigenvalue weighted by molar-refractivity contribution is 5.79. The van der Waals surface area contributed by atoms with Crippen molar-refractivity contribution in [3.05, 3.63) is 24.2 Å². The lowest BCUT2D eigenvalue weighted by atomic mass is 9.97. The Bertz CT molecular complexity index is 555. The van der Waals surface area contributed by atoms with Crippen LogP contribution in [0.25, 0.3) is 0 Å². The highest BCUT2D eigenvalue weighted by atomic mass is 16.6. The van der Waals surface area contributed by atoms with Crippen LogP contribution in [0.2, 0.25) is 0 Å². The Morgan fingerprint density at radius 1 is 1.36 bits per heavy atom. The predicted molar refractivity (Wildman–Crippen MR) is 97.4 cm³/mol. The number of amides is 1. The van der Waals surface area contributed by atoms with Crippen molar-refractivity contribution in [3.8, 4) is 0 Å². The first-order valence-electron chi connectivity index (χ1n) is 8.82. The van der Waals surface area contributed by atoms with E-state index in [0.29, 0.717) is 12.5 Å². The van der Waals surface area contributed by atoms with E-state index in [0.717, 1.165) is 44.2 Å². The molecule has 1 amide bonds. The number of hydrogen-bond donors (Lipinski definition) is 2. The predicted octanol–water partition coefficient (Wildman–Crippen LogP) is 2.59. The van der Waals surface area contributed by atoms with Gasteiger partial charge in [0.15, 0.2) is 5.96 Å². The van der Waals surface area contributed by atoms with Crippen molar-refractivity contribution in [2.24, 2.45) is 10.9 Å². The molecule has 0 aromatic carbocycles. The largest absolute Gasteiger partial charge is 0.467 e. The molecule has 0 atom stereocenters. The molecule has 2 N–H and O–H groups in total. The van der Waals surface area contributed by atoms with Crippen LogP contribution in [0.15, 0.2) is 27.8 Å². The second-order valence-electron chi connectivity index (χ2n) is 7.30. The minimum atomic E-state index is -0.443. The highest BCUT2D eigenvalue weighted by Crippen LogP contribution is 2.19. The summed E-state index contributed by atoms with van der Waals surface area (Å²) in [6.07, 6.45) is 3.36. The van der Waals surface area contributed by atoms with E-state index in [9.17, 15) is 4.79 Å². The normalized spacial score (nSPS) is 16.6. The fourth-order valence-electron chi connectivity index (χ4n) is 2.69. The molecule has 0 radical (unpaired) electrons. The summed E-state index contributed by atoms with van der Waals surface area (Å²) in [6.45, 7) is 8.58. The zero-order chi connectivity index (χ0) is 18.3. The average Bonchev–Trinajstić information content (AvgIpc) is 3.07. The molecule has 140 valence electrons. The Hall–Kier alpha value is -2.18. The zero-order valence-corrected chi connectivity index (χ0v) is 15.7. The van der Waals surface area contributed by atoms with E-state index in [1.807, 2.05) is 32.9 Å². The van der Waals surface area contributed by atoms with Gasteiger partial charge in [0, 0.05) is 26.7 Å². The molecule has 0 aliphatic carbocycles. The zero-order valence-electron chi connectivity index (χ0n) is 15.7. The number of nitrogens with zero attached hydrogens (tertiary/aromatic N) is 2. The molecule has 7 nitrogen and oxygen atoms in total.